The summed E-state index contributed by atoms with van der Waals surface area (Å²) in [6, 6.07) is 7.64. The van der Waals surface area contributed by atoms with Crippen LogP contribution in [0.3, 0.4) is 0 Å². The van der Waals surface area contributed by atoms with E-state index in [0.717, 1.165) is 19.5 Å². The molecule has 0 fully saturated rings. The average molecular weight is 268 g/mol. The summed E-state index contributed by atoms with van der Waals surface area (Å²) in [6.45, 7) is 2.18. The molecule has 1 aliphatic rings. The van der Waals surface area contributed by atoms with Crippen molar-refractivity contribution in [3.05, 3.63) is 59.2 Å². The number of amides is 1. The zero-order chi connectivity index (χ0) is 13.8. The van der Waals surface area contributed by atoms with Gasteiger partial charge in [-0.15, -0.1) is 0 Å². The Bertz CT molecular complexity index is 613. The maximum absolute atomic E-state index is 12.1. The van der Waals surface area contributed by atoms with E-state index in [1.807, 2.05) is 18.2 Å². The van der Waals surface area contributed by atoms with Crippen LogP contribution >= 0.6 is 0 Å². The third-order valence-electron chi connectivity index (χ3n) is 3.38. The lowest BCUT2D eigenvalue weighted by Crippen LogP contribution is -2.26. The smallest absolute Gasteiger partial charge is 0.251 e. The Balaban J connectivity index is 1.68. The van der Waals surface area contributed by atoms with Gasteiger partial charge >= 0.3 is 0 Å². The highest BCUT2D eigenvalue weighted by Crippen LogP contribution is 2.15. The van der Waals surface area contributed by atoms with Crippen molar-refractivity contribution >= 4 is 5.91 Å². The molecule has 1 aromatic carbocycles. The van der Waals surface area contributed by atoms with Crippen LogP contribution in [0.15, 0.2) is 36.7 Å². The largest absolute Gasteiger partial charge is 0.345 e. The van der Waals surface area contributed by atoms with Gasteiger partial charge in [0.25, 0.3) is 5.91 Å². The number of nitrogens with one attached hydrogen (secondary N) is 2. The molecule has 1 amide bonds. The molecular formula is C15H16N4O. The SMILES string of the molecule is O=C(NCc1ncccn1)c1ccc2c(c1)CNCC2. The van der Waals surface area contributed by atoms with Gasteiger partial charge in [-0.2, -0.15) is 0 Å². The zero-order valence-electron chi connectivity index (χ0n) is 11.1. The first-order valence-electron chi connectivity index (χ1n) is 6.69. The summed E-state index contributed by atoms with van der Waals surface area (Å²) in [5.41, 5.74) is 3.22. The number of aromatic nitrogens is 2. The Labute approximate surface area is 117 Å². The third kappa shape index (κ3) is 2.83. The van der Waals surface area contributed by atoms with Crippen molar-refractivity contribution in [3.63, 3.8) is 0 Å². The van der Waals surface area contributed by atoms with Gasteiger partial charge in [0.1, 0.15) is 5.82 Å². The lowest BCUT2D eigenvalue weighted by atomic mass is 9.98. The predicted octanol–water partition coefficient (Wildman–Crippen LogP) is 1.05. The molecule has 0 atom stereocenters. The van der Waals surface area contributed by atoms with Gasteiger partial charge in [-0.25, -0.2) is 9.97 Å². The maximum atomic E-state index is 12.1. The summed E-state index contributed by atoms with van der Waals surface area (Å²) in [5, 5.41) is 6.15. The first-order valence-corrected chi connectivity index (χ1v) is 6.69. The number of carbonyl (C=O) groups is 1. The maximum Gasteiger partial charge on any atom is 0.251 e. The number of fused-ring (bicyclic) bond motifs is 1. The van der Waals surface area contributed by atoms with Gasteiger partial charge in [0.15, 0.2) is 0 Å². The summed E-state index contributed by atoms with van der Waals surface area (Å²) in [7, 11) is 0. The topological polar surface area (TPSA) is 66.9 Å². The number of nitrogens with zero attached hydrogens (tertiary/aromatic N) is 2. The fourth-order valence-corrected chi connectivity index (χ4v) is 2.30. The molecule has 0 unspecified atom stereocenters. The summed E-state index contributed by atoms with van der Waals surface area (Å²) in [6.07, 6.45) is 4.35. The Morgan fingerprint density at radius 2 is 2.10 bits per heavy atom. The average Bonchev–Trinajstić information content (AvgIpc) is 2.53. The van der Waals surface area contributed by atoms with Crippen molar-refractivity contribution in [3.8, 4) is 0 Å². The van der Waals surface area contributed by atoms with Crippen LogP contribution in [0.5, 0.6) is 0 Å². The van der Waals surface area contributed by atoms with Gasteiger partial charge in [0.2, 0.25) is 0 Å². The van der Waals surface area contributed by atoms with Gasteiger partial charge in [0.05, 0.1) is 6.54 Å². The fraction of sp³-hybridized carbons (Fsp3) is 0.267. The molecule has 0 bridgehead atoms. The van der Waals surface area contributed by atoms with Crippen molar-refractivity contribution in [2.24, 2.45) is 0 Å². The van der Waals surface area contributed by atoms with Crippen LogP contribution in [0.1, 0.15) is 27.3 Å². The summed E-state index contributed by atoms with van der Waals surface area (Å²) >= 11 is 0. The molecule has 2 heterocycles. The molecule has 20 heavy (non-hydrogen) atoms. The second-order valence-electron chi connectivity index (χ2n) is 4.76. The molecule has 3 rings (SSSR count). The molecule has 0 spiro atoms. The van der Waals surface area contributed by atoms with Crippen LogP contribution in [0, 0.1) is 0 Å². The Morgan fingerprint density at radius 1 is 1.25 bits per heavy atom. The number of hydrogen-bond acceptors (Lipinski definition) is 4. The van der Waals surface area contributed by atoms with Gasteiger partial charge in [0, 0.05) is 24.5 Å². The standard InChI is InChI=1S/C15H16N4O/c20-15(19-10-14-17-5-1-6-18-14)12-3-2-11-4-7-16-9-13(11)8-12/h1-3,5-6,8,16H,4,7,9-10H2,(H,19,20). The zero-order valence-corrected chi connectivity index (χ0v) is 11.1. The predicted molar refractivity (Wildman–Crippen MR) is 75.1 cm³/mol. The summed E-state index contributed by atoms with van der Waals surface area (Å²) in [4.78, 5) is 20.3. The summed E-state index contributed by atoms with van der Waals surface area (Å²) in [5.74, 6) is 0.520. The van der Waals surface area contributed by atoms with Crippen molar-refractivity contribution in [2.75, 3.05) is 6.54 Å². The van der Waals surface area contributed by atoms with Gasteiger partial charge in [-0.05, 0) is 42.3 Å². The highest BCUT2D eigenvalue weighted by Gasteiger charge is 2.12. The number of benzene rings is 1. The van der Waals surface area contributed by atoms with Crippen LogP contribution < -0.4 is 10.6 Å². The van der Waals surface area contributed by atoms with Crippen molar-refractivity contribution in [1.29, 1.82) is 0 Å². The monoisotopic (exact) mass is 268 g/mol. The minimum absolute atomic E-state index is 0.0918. The number of hydrogen-bond donors (Lipinski definition) is 2. The molecule has 0 radical (unpaired) electrons. The number of carbonyl (C=O) groups excluding carboxylic acids is 1. The highest BCUT2D eigenvalue weighted by atomic mass is 16.1. The summed E-state index contributed by atoms with van der Waals surface area (Å²) < 4.78 is 0. The third-order valence-corrected chi connectivity index (χ3v) is 3.38. The first kappa shape index (κ1) is 12.7. The second-order valence-corrected chi connectivity index (χ2v) is 4.76. The van der Waals surface area contributed by atoms with E-state index in [9.17, 15) is 4.79 Å². The molecule has 5 nitrogen and oxygen atoms in total. The Kier molecular flexibility index (Phi) is 3.69. The van der Waals surface area contributed by atoms with Gasteiger partial charge in [-0.1, -0.05) is 6.07 Å². The van der Waals surface area contributed by atoms with E-state index in [1.165, 1.54) is 11.1 Å². The molecule has 1 aliphatic heterocycles. The lowest BCUT2D eigenvalue weighted by Gasteiger charge is -2.17. The molecule has 0 saturated carbocycles. The normalized spacial score (nSPS) is 13.6. The minimum Gasteiger partial charge on any atom is -0.345 e. The molecular weight excluding hydrogens is 252 g/mol. The first-order chi connectivity index (χ1) is 9.83. The van der Waals surface area contributed by atoms with Crippen molar-refractivity contribution in [2.45, 2.75) is 19.5 Å². The highest BCUT2D eigenvalue weighted by molar-refractivity contribution is 5.94. The van der Waals surface area contributed by atoms with E-state index in [2.05, 4.69) is 20.6 Å². The molecule has 2 aromatic rings. The van der Waals surface area contributed by atoms with Crippen molar-refractivity contribution < 1.29 is 4.79 Å². The molecule has 102 valence electrons. The Hall–Kier alpha value is -2.27. The van der Waals surface area contributed by atoms with E-state index < -0.39 is 0 Å². The van der Waals surface area contributed by atoms with Gasteiger partial charge in [-0.3, -0.25) is 4.79 Å². The van der Waals surface area contributed by atoms with Gasteiger partial charge < -0.3 is 10.6 Å². The quantitative estimate of drug-likeness (QED) is 0.873. The molecule has 1 aromatic heterocycles. The number of rotatable bonds is 3. The van der Waals surface area contributed by atoms with E-state index in [-0.39, 0.29) is 5.91 Å². The van der Waals surface area contributed by atoms with E-state index >= 15 is 0 Å². The second kappa shape index (κ2) is 5.79. The van der Waals surface area contributed by atoms with E-state index in [4.69, 9.17) is 0 Å². The van der Waals surface area contributed by atoms with Crippen LogP contribution in [0.2, 0.25) is 0 Å². The van der Waals surface area contributed by atoms with Crippen LogP contribution in [-0.4, -0.2) is 22.4 Å². The van der Waals surface area contributed by atoms with E-state index in [1.54, 1.807) is 18.5 Å². The molecule has 0 aliphatic carbocycles. The molecule has 5 heteroatoms. The van der Waals surface area contributed by atoms with Crippen LogP contribution in [0.4, 0.5) is 0 Å². The molecule has 2 N–H and O–H groups in total. The Morgan fingerprint density at radius 3 is 2.95 bits per heavy atom. The van der Waals surface area contributed by atoms with Crippen LogP contribution in [0.25, 0.3) is 0 Å². The van der Waals surface area contributed by atoms with Crippen LogP contribution in [-0.2, 0) is 19.5 Å². The van der Waals surface area contributed by atoms with E-state index in [0.29, 0.717) is 17.9 Å². The lowest BCUT2D eigenvalue weighted by molar-refractivity contribution is 0.0949. The molecule has 0 saturated heterocycles. The minimum atomic E-state index is -0.0918. The van der Waals surface area contributed by atoms with Crippen molar-refractivity contribution in [1.82, 2.24) is 20.6 Å². The fourth-order valence-electron chi connectivity index (χ4n) is 2.30.